The summed E-state index contributed by atoms with van der Waals surface area (Å²) in [6.07, 6.45) is 6.24. The zero-order chi connectivity index (χ0) is 14.0. The van der Waals surface area contributed by atoms with Crippen molar-refractivity contribution in [2.75, 3.05) is 0 Å². The Morgan fingerprint density at radius 3 is 2.85 bits per heavy atom. The van der Waals surface area contributed by atoms with E-state index in [1.54, 1.807) is 0 Å². The van der Waals surface area contributed by atoms with Crippen LogP contribution in [0.15, 0.2) is 24.3 Å². The van der Waals surface area contributed by atoms with Crippen LogP contribution in [0, 0.1) is 11.3 Å². The summed E-state index contributed by atoms with van der Waals surface area (Å²) in [5, 5.41) is 13.0. The van der Waals surface area contributed by atoms with E-state index in [1.165, 1.54) is 18.4 Å². The van der Waals surface area contributed by atoms with Gasteiger partial charge in [-0.1, -0.05) is 25.1 Å². The lowest BCUT2D eigenvalue weighted by molar-refractivity contribution is 0.199. The minimum atomic E-state index is -0.354. The SMILES string of the molecule is CCc1ccccc1OC1CCC(C#N)(NC2CC2)C1. The molecule has 2 fully saturated rings. The summed E-state index contributed by atoms with van der Waals surface area (Å²) in [4.78, 5) is 0. The van der Waals surface area contributed by atoms with Crippen LogP contribution in [0.2, 0.25) is 0 Å². The van der Waals surface area contributed by atoms with E-state index < -0.39 is 0 Å². The number of ether oxygens (including phenoxy) is 1. The van der Waals surface area contributed by atoms with E-state index in [0.29, 0.717) is 6.04 Å². The summed E-state index contributed by atoms with van der Waals surface area (Å²) >= 11 is 0. The minimum Gasteiger partial charge on any atom is -0.490 e. The van der Waals surface area contributed by atoms with Crippen molar-refractivity contribution in [2.24, 2.45) is 0 Å². The molecular weight excluding hydrogens is 248 g/mol. The molecule has 1 aromatic carbocycles. The number of nitriles is 1. The predicted octanol–water partition coefficient (Wildman–Crippen LogP) is 3.19. The van der Waals surface area contributed by atoms with Gasteiger partial charge in [0, 0.05) is 12.5 Å². The first-order valence-corrected chi connectivity index (χ1v) is 7.68. The predicted molar refractivity (Wildman–Crippen MR) is 78.6 cm³/mol. The van der Waals surface area contributed by atoms with Crippen molar-refractivity contribution in [1.82, 2.24) is 5.32 Å². The van der Waals surface area contributed by atoms with Crippen LogP contribution < -0.4 is 10.1 Å². The second-order valence-electron chi connectivity index (χ2n) is 6.06. The Labute approximate surface area is 120 Å². The van der Waals surface area contributed by atoms with Gasteiger partial charge in [0.1, 0.15) is 17.4 Å². The molecule has 0 spiro atoms. The van der Waals surface area contributed by atoms with Gasteiger partial charge in [0.2, 0.25) is 0 Å². The highest BCUT2D eigenvalue weighted by Crippen LogP contribution is 2.36. The first-order valence-electron chi connectivity index (χ1n) is 7.68. The highest BCUT2D eigenvalue weighted by Gasteiger charge is 2.43. The van der Waals surface area contributed by atoms with E-state index >= 15 is 0 Å². The van der Waals surface area contributed by atoms with Crippen molar-refractivity contribution < 1.29 is 4.74 Å². The highest BCUT2D eigenvalue weighted by molar-refractivity contribution is 5.33. The molecule has 0 amide bonds. The van der Waals surface area contributed by atoms with Crippen LogP contribution in [-0.4, -0.2) is 17.7 Å². The monoisotopic (exact) mass is 270 g/mol. The van der Waals surface area contributed by atoms with Crippen LogP contribution in [0.5, 0.6) is 5.75 Å². The Morgan fingerprint density at radius 1 is 1.35 bits per heavy atom. The molecule has 0 bridgehead atoms. The van der Waals surface area contributed by atoms with Crippen LogP contribution in [-0.2, 0) is 6.42 Å². The van der Waals surface area contributed by atoms with Crippen molar-refractivity contribution in [3.8, 4) is 11.8 Å². The van der Waals surface area contributed by atoms with Crippen molar-refractivity contribution in [3.63, 3.8) is 0 Å². The molecule has 3 nitrogen and oxygen atoms in total. The number of rotatable bonds is 5. The Balaban J connectivity index is 1.66. The summed E-state index contributed by atoms with van der Waals surface area (Å²) in [6, 6.07) is 11.3. The van der Waals surface area contributed by atoms with E-state index in [1.807, 2.05) is 12.1 Å². The number of nitrogens with one attached hydrogen (secondary N) is 1. The van der Waals surface area contributed by atoms with E-state index in [4.69, 9.17) is 4.74 Å². The summed E-state index contributed by atoms with van der Waals surface area (Å²) in [7, 11) is 0. The molecular formula is C17H22N2O. The molecule has 0 aromatic heterocycles. The van der Waals surface area contributed by atoms with Gasteiger partial charge in [0.15, 0.2) is 0 Å². The molecule has 2 aliphatic carbocycles. The third-order valence-electron chi connectivity index (χ3n) is 4.39. The van der Waals surface area contributed by atoms with E-state index in [0.717, 1.165) is 31.4 Å². The third-order valence-corrected chi connectivity index (χ3v) is 4.39. The molecule has 1 aromatic rings. The lowest BCUT2D eigenvalue weighted by Gasteiger charge is -2.23. The van der Waals surface area contributed by atoms with Gasteiger partial charge in [0.25, 0.3) is 0 Å². The van der Waals surface area contributed by atoms with Crippen molar-refractivity contribution >= 4 is 0 Å². The van der Waals surface area contributed by atoms with Crippen LogP contribution in [0.1, 0.15) is 44.6 Å². The molecule has 0 heterocycles. The first-order chi connectivity index (χ1) is 9.74. The van der Waals surface area contributed by atoms with Gasteiger partial charge >= 0.3 is 0 Å². The van der Waals surface area contributed by atoms with Crippen LogP contribution in [0.4, 0.5) is 0 Å². The Bertz CT molecular complexity index is 518. The van der Waals surface area contributed by atoms with Gasteiger partial charge in [-0.25, -0.2) is 0 Å². The summed E-state index contributed by atoms with van der Waals surface area (Å²) in [5.74, 6) is 0.986. The fraction of sp³-hybridized carbons (Fsp3) is 0.588. The summed E-state index contributed by atoms with van der Waals surface area (Å²) in [5.41, 5.74) is 0.893. The lowest BCUT2D eigenvalue weighted by atomic mass is 9.99. The van der Waals surface area contributed by atoms with E-state index in [2.05, 4.69) is 30.4 Å². The van der Waals surface area contributed by atoms with Crippen molar-refractivity contribution in [1.29, 1.82) is 5.26 Å². The molecule has 2 saturated carbocycles. The lowest BCUT2D eigenvalue weighted by Crippen LogP contribution is -2.43. The molecule has 2 unspecified atom stereocenters. The maximum absolute atomic E-state index is 9.51. The van der Waals surface area contributed by atoms with Gasteiger partial charge in [-0.2, -0.15) is 5.26 Å². The molecule has 0 aliphatic heterocycles. The first kappa shape index (κ1) is 13.5. The Kier molecular flexibility index (Phi) is 3.67. The highest BCUT2D eigenvalue weighted by atomic mass is 16.5. The average Bonchev–Trinajstić information content (AvgIpc) is 3.20. The van der Waals surface area contributed by atoms with Crippen molar-refractivity contribution in [3.05, 3.63) is 29.8 Å². The molecule has 20 heavy (non-hydrogen) atoms. The topological polar surface area (TPSA) is 45.0 Å². The smallest absolute Gasteiger partial charge is 0.122 e. The summed E-state index contributed by atoms with van der Waals surface area (Å²) in [6.45, 7) is 2.14. The largest absolute Gasteiger partial charge is 0.490 e. The van der Waals surface area contributed by atoms with Crippen LogP contribution >= 0.6 is 0 Å². The zero-order valence-electron chi connectivity index (χ0n) is 12.1. The fourth-order valence-electron chi connectivity index (χ4n) is 3.07. The Morgan fingerprint density at radius 2 is 2.15 bits per heavy atom. The van der Waals surface area contributed by atoms with E-state index in [-0.39, 0.29) is 11.6 Å². The molecule has 1 N–H and O–H groups in total. The van der Waals surface area contributed by atoms with Gasteiger partial charge in [-0.3, -0.25) is 5.32 Å². The van der Waals surface area contributed by atoms with Gasteiger partial charge in [-0.15, -0.1) is 0 Å². The third kappa shape index (κ3) is 2.81. The maximum atomic E-state index is 9.51. The molecule has 3 rings (SSSR count). The maximum Gasteiger partial charge on any atom is 0.122 e. The second kappa shape index (κ2) is 5.46. The standard InChI is InChI=1S/C17H22N2O/c1-2-13-5-3-4-6-16(13)20-15-9-10-17(11-15,12-18)19-14-7-8-14/h3-6,14-15,19H,2,7-11H2,1H3. The zero-order valence-corrected chi connectivity index (χ0v) is 12.1. The van der Waals surface area contributed by atoms with Gasteiger partial charge in [0.05, 0.1) is 6.07 Å². The number of nitrogens with zero attached hydrogens (tertiary/aromatic N) is 1. The number of benzene rings is 1. The minimum absolute atomic E-state index is 0.161. The number of hydrogen-bond donors (Lipinski definition) is 1. The van der Waals surface area contributed by atoms with E-state index in [9.17, 15) is 5.26 Å². The van der Waals surface area contributed by atoms with Gasteiger partial charge < -0.3 is 4.74 Å². The fourth-order valence-corrected chi connectivity index (χ4v) is 3.07. The molecule has 2 atom stereocenters. The molecule has 0 saturated heterocycles. The van der Waals surface area contributed by atoms with Crippen molar-refractivity contribution in [2.45, 2.75) is 63.1 Å². The molecule has 0 radical (unpaired) electrons. The molecule has 3 heteroatoms. The number of aryl methyl sites for hydroxylation is 1. The molecule has 2 aliphatic rings. The molecule has 106 valence electrons. The number of hydrogen-bond acceptors (Lipinski definition) is 3. The summed E-state index contributed by atoms with van der Waals surface area (Å²) < 4.78 is 6.17. The average molecular weight is 270 g/mol. The quantitative estimate of drug-likeness (QED) is 0.893. The van der Waals surface area contributed by atoms with Crippen LogP contribution in [0.3, 0.4) is 0 Å². The normalized spacial score (nSPS) is 29.1. The Hall–Kier alpha value is -1.53. The number of para-hydroxylation sites is 1. The second-order valence-corrected chi connectivity index (χ2v) is 6.06. The van der Waals surface area contributed by atoms with Gasteiger partial charge in [-0.05, 0) is 43.7 Å². The van der Waals surface area contributed by atoms with Crippen LogP contribution in [0.25, 0.3) is 0 Å².